The molecule has 0 saturated carbocycles. The topological polar surface area (TPSA) is 90.8 Å². The van der Waals surface area contributed by atoms with E-state index in [1.54, 1.807) is 24.3 Å². The maximum Gasteiger partial charge on any atom is 0.207 e. The van der Waals surface area contributed by atoms with Crippen LogP contribution in [0.2, 0.25) is 0 Å². The molecule has 6 nitrogen and oxygen atoms in total. The largest absolute Gasteiger partial charge is 0.494 e. The average molecular weight is 483 g/mol. The number of nitrogens with zero attached hydrogens (tertiary/aromatic N) is 2. The Balaban J connectivity index is 1.43. The van der Waals surface area contributed by atoms with Crippen LogP contribution in [-0.4, -0.2) is 29.6 Å². The SMILES string of the molecule is Cc1ccc(C(c2ccc(F)cc2)c2ccc(-n3c(O)c4c(c3O)-c3c-4c(O)n(C)c3O)cc2)cc1. The predicted octanol–water partition coefficient (Wildman–Crippen LogP) is 5.91. The molecule has 1 aliphatic rings. The first-order valence-electron chi connectivity index (χ1n) is 11.5. The zero-order chi connectivity index (χ0) is 25.3. The molecule has 2 heterocycles. The summed E-state index contributed by atoms with van der Waals surface area (Å²) in [6.45, 7) is 2.02. The second kappa shape index (κ2) is 7.68. The third-order valence-corrected chi connectivity index (χ3v) is 7.05. The summed E-state index contributed by atoms with van der Waals surface area (Å²) in [6.07, 6.45) is 0. The van der Waals surface area contributed by atoms with E-state index in [0.29, 0.717) is 27.9 Å². The predicted molar refractivity (Wildman–Crippen MR) is 134 cm³/mol. The van der Waals surface area contributed by atoms with Crippen LogP contribution in [0.5, 0.6) is 23.5 Å². The van der Waals surface area contributed by atoms with Crippen LogP contribution in [0.4, 0.5) is 4.39 Å². The van der Waals surface area contributed by atoms with Crippen molar-refractivity contribution in [2.24, 2.45) is 7.05 Å². The normalized spacial score (nSPS) is 12.6. The van der Waals surface area contributed by atoms with Crippen LogP contribution < -0.4 is 0 Å². The molecule has 36 heavy (non-hydrogen) atoms. The van der Waals surface area contributed by atoms with E-state index in [2.05, 4.69) is 12.1 Å². The van der Waals surface area contributed by atoms with Crippen LogP contribution in [0.1, 0.15) is 28.2 Å². The number of benzene rings is 3. The molecule has 5 aromatic rings. The number of aryl methyl sites for hydroxylation is 1. The van der Waals surface area contributed by atoms with E-state index < -0.39 is 0 Å². The van der Waals surface area contributed by atoms with Crippen molar-refractivity contribution in [1.29, 1.82) is 0 Å². The summed E-state index contributed by atoms with van der Waals surface area (Å²) in [7, 11) is 1.50. The van der Waals surface area contributed by atoms with Crippen molar-refractivity contribution in [3.05, 3.63) is 101 Å². The van der Waals surface area contributed by atoms with Crippen LogP contribution in [0, 0.1) is 12.7 Å². The average Bonchev–Trinajstić information content (AvgIpc) is 3.16. The van der Waals surface area contributed by atoms with Crippen LogP contribution in [0.3, 0.4) is 0 Å². The number of hydrogen-bond acceptors (Lipinski definition) is 4. The van der Waals surface area contributed by atoms with Crippen molar-refractivity contribution in [3.8, 4) is 51.5 Å². The Bertz CT molecular complexity index is 1530. The molecule has 1 atom stereocenters. The molecular weight excluding hydrogens is 459 g/mol. The lowest BCUT2D eigenvalue weighted by Crippen LogP contribution is -2.04. The summed E-state index contributed by atoms with van der Waals surface area (Å²) in [4.78, 5) is 0. The fourth-order valence-corrected chi connectivity index (χ4v) is 5.14. The molecule has 0 fully saturated rings. The Hall–Kier alpha value is -4.65. The molecular formula is C29H23FN2O4. The lowest BCUT2D eigenvalue weighted by molar-refractivity contribution is 0.387. The highest BCUT2D eigenvalue weighted by Crippen LogP contribution is 2.65. The van der Waals surface area contributed by atoms with E-state index in [1.165, 1.54) is 28.3 Å². The van der Waals surface area contributed by atoms with Gasteiger partial charge in [0.2, 0.25) is 23.5 Å². The Morgan fingerprint density at radius 2 is 0.972 bits per heavy atom. The van der Waals surface area contributed by atoms with Gasteiger partial charge in [-0.2, -0.15) is 0 Å². The van der Waals surface area contributed by atoms with E-state index in [-0.39, 0.29) is 35.3 Å². The molecule has 0 aliphatic heterocycles. The van der Waals surface area contributed by atoms with Crippen LogP contribution >= 0.6 is 0 Å². The van der Waals surface area contributed by atoms with Crippen LogP contribution in [0.25, 0.3) is 27.9 Å². The first kappa shape index (κ1) is 21.9. The maximum absolute atomic E-state index is 13.6. The van der Waals surface area contributed by atoms with Crippen molar-refractivity contribution in [3.63, 3.8) is 0 Å². The van der Waals surface area contributed by atoms with Gasteiger partial charge in [0, 0.05) is 13.0 Å². The van der Waals surface area contributed by atoms with E-state index in [9.17, 15) is 24.8 Å². The number of hydrogen-bond donors (Lipinski definition) is 4. The van der Waals surface area contributed by atoms with Gasteiger partial charge >= 0.3 is 0 Å². The zero-order valence-electron chi connectivity index (χ0n) is 19.6. The highest BCUT2D eigenvalue weighted by molar-refractivity contribution is 6.12. The van der Waals surface area contributed by atoms with Crippen molar-refractivity contribution < 1.29 is 24.8 Å². The molecule has 0 radical (unpaired) electrons. The van der Waals surface area contributed by atoms with Gasteiger partial charge in [-0.1, -0.05) is 54.1 Å². The van der Waals surface area contributed by atoms with Crippen molar-refractivity contribution in [2.75, 3.05) is 0 Å². The fourth-order valence-electron chi connectivity index (χ4n) is 5.14. The van der Waals surface area contributed by atoms with E-state index in [4.69, 9.17) is 0 Å². The van der Waals surface area contributed by atoms with E-state index in [1.807, 2.05) is 31.2 Å². The Morgan fingerprint density at radius 3 is 1.44 bits per heavy atom. The number of aromatic hydroxyl groups is 4. The molecule has 0 saturated heterocycles. The molecule has 7 heteroatoms. The molecule has 2 aromatic heterocycles. The molecule has 4 N–H and O–H groups in total. The third kappa shape index (κ3) is 2.95. The van der Waals surface area contributed by atoms with E-state index >= 15 is 0 Å². The second-order valence-corrected chi connectivity index (χ2v) is 9.18. The Kier molecular flexibility index (Phi) is 4.66. The summed E-state index contributed by atoms with van der Waals surface area (Å²) >= 11 is 0. The molecule has 6 rings (SSSR count). The fraction of sp³-hybridized carbons (Fsp3) is 0.103. The minimum absolute atomic E-state index is 0.145. The third-order valence-electron chi connectivity index (χ3n) is 7.05. The molecule has 3 aromatic carbocycles. The van der Waals surface area contributed by atoms with Gasteiger partial charge in [-0.05, 0) is 47.9 Å². The van der Waals surface area contributed by atoms with Gasteiger partial charge in [-0.25, -0.2) is 4.39 Å². The Labute approximate surface area is 206 Å². The van der Waals surface area contributed by atoms with Crippen molar-refractivity contribution in [1.82, 2.24) is 9.13 Å². The van der Waals surface area contributed by atoms with Crippen LogP contribution in [-0.2, 0) is 7.05 Å². The smallest absolute Gasteiger partial charge is 0.207 e. The van der Waals surface area contributed by atoms with E-state index in [0.717, 1.165) is 22.3 Å². The molecule has 1 unspecified atom stereocenters. The van der Waals surface area contributed by atoms with Gasteiger partial charge < -0.3 is 20.4 Å². The minimum Gasteiger partial charge on any atom is -0.494 e. The summed E-state index contributed by atoms with van der Waals surface area (Å²) in [6, 6.07) is 22.0. The zero-order valence-corrected chi connectivity index (χ0v) is 19.6. The molecule has 1 aliphatic carbocycles. The van der Waals surface area contributed by atoms with Gasteiger partial charge in [0.25, 0.3) is 0 Å². The summed E-state index contributed by atoms with van der Waals surface area (Å²) in [5.41, 5.74) is 5.80. The van der Waals surface area contributed by atoms with Gasteiger partial charge in [-0.3, -0.25) is 9.13 Å². The monoisotopic (exact) mass is 482 g/mol. The van der Waals surface area contributed by atoms with Gasteiger partial charge in [-0.15, -0.1) is 0 Å². The summed E-state index contributed by atoms with van der Waals surface area (Å²) in [5, 5.41) is 42.5. The molecule has 0 spiro atoms. The number of fused-ring (bicyclic) bond motifs is 4. The lowest BCUT2D eigenvalue weighted by Gasteiger charge is -2.20. The van der Waals surface area contributed by atoms with Crippen molar-refractivity contribution >= 4 is 0 Å². The van der Waals surface area contributed by atoms with Crippen LogP contribution in [0.15, 0.2) is 72.8 Å². The number of rotatable bonds is 4. The maximum atomic E-state index is 13.6. The van der Waals surface area contributed by atoms with Gasteiger partial charge in [0.1, 0.15) is 5.82 Å². The number of aromatic nitrogens is 2. The van der Waals surface area contributed by atoms with Gasteiger partial charge in [0.05, 0.1) is 27.9 Å². The first-order chi connectivity index (χ1) is 17.3. The molecule has 0 amide bonds. The Morgan fingerprint density at radius 1 is 0.583 bits per heavy atom. The highest BCUT2D eigenvalue weighted by Gasteiger charge is 2.42. The lowest BCUT2D eigenvalue weighted by atomic mass is 9.85. The number of halogens is 1. The first-order valence-corrected chi connectivity index (χ1v) is 11.5. The molecule has 0 bridgehead atoms. The minimum atomic E-state index is -0.300. The highest BCUT2D eigenvalue weighted by atomic mass is 19.1. The summed E-state index contributed by atoms with van der Waals surface area (Å²) < 4.78 is 16.1. The van der Waals surface area contributed by atoms with Gasteiger partial charge in [0.15, 0.2) is 0 Å². The second-order valence-electron chi connectivity index (χ2n) is 9.18. The quantitative estimate of drug-likeness (QED) is 0.235. The van der Waals surface area contributed by atoms with Crippen molar-refractivity contribution in [2.45, 2.75) is 12.8 Å². The standard InChI is InChI=1S/C29H23FN2O4/c1-15-3-5-16(6-4-15)21(17-7-11-19(30)12-8-17)18-9-13-20(14-10-18)32-28(35)24-22-23(25(24)29(32)36)27(34)31(2)26(22)33/h3-14,21,33-36H,1-2H3. The summed E-state index contributed by atoms with van der Waals surface area (Å²) in [5.74, 6) is -1.26. The molecule has 180 valence electrons.